The number of rotatable bonds is 5. The number of imidazole rings is 1. The lowest BCUT2D eigenvalue weighted by Gasteiger charge is -2.15. The largest absolute Gasteiger partial charge is 0.407 e. The number of amides is 2. The second-order valence-electron chi connectivity index (χ2n) is 7.99. The van der Waals surface area contributed by atoms with Gasteiger partial charge >= 0.3 is 11.7 Å². The van der Waals surface area contributed by atoms with Crippen molar-refractivity contribution in [3.05, 3.63) is 63.4 Å². The Hall–Kier alpha value is -4.55. The topological polar surface area (TPSA) is 150 Å². The van der Waals surface area contributed by atoms with E-state index in [0.29, 0.717) is 6.54 Å². The van der Waals surface area contributed by atoms with Crippen molar-refractivity contribution >= 4 is 34.7 Å². The minimum absolute atomic E-state index is 0.0528. The summed E-state index contributed by atoms with van der Waals surface area (Å²) in [4.78, 5) is 55.3. The fourth-order valence-electron chi connectivity index (χ4n) is 4.01. The van der Waals surface area contributed by atoms with Crippen LogP contribution in [0.5, 0.6) is 0 Å². The van der Waals surface area contributed by atoms with Crippen LogP contribution in [0.2, 0.25) is 0 Å². The highest BCUT2D eigenvalue weighted by Crippen LogP contribution is 2.31. The summed E-state index contributed by atoms with van der Waals surface area (Å²) in [6.45, 7) is 0.132. The van der Waals surface area contributed by atoms with E-state index in [1.165, 1.54) is 29.6 Å². The summed E-state index contributed by atoms with van der Waals surface area (Å²) in [6.07, 6.45) is 1.53. The van der Waals surface area contributed by atoms with Gasteiger partial charge in [0.25, 0.3) is 5.56 Å². The number of nitrogens with zero attached hydrogens (tertiary/aromatic N) is 7. The second kappa shape index (κ2) is 8.10. The molecule has 34 heavy (non-hydrogen) atoms. The Kier molecular flexibility index (Phi) is 5.07. The Labute approximate surface area is 191 Å². The maximum Gasteiger partial charge on any atom is 0.332 e. The summed E-state index contributed by atoms with van der Waals surface area (Å²) in [7, 11) is 2.85. The molecule has 1 aromatic carbocycles. The number of fused-ring (bicyclic) bond motifs is 1. The predicted octanol–water partition coefficient (Wildman–Crippen LogP) is -0.0241. The van der Waals surface area contributed by atoms with Crippen LogP contribution in [-0.4, -0.2) is 47.2 Å². The van der Waals surface area contributed by atoms with Crippen molar-refractivity contribution in [2.75, 3.05) is 16.8 Å². The summed E-state index contributed by atoms with van der Waals surface area (Å²) >= 11 is 0. The van der Waals surface area contributed by atoms with Crippen LogP contribution in [0.25, 0.3) is 11.2 Å². The number of carbonyl (C=O) groups is 2. The van der Waals surface area contributed by atoms with Gasteiger partial charge in [-0.2, -0.15) is 0 Å². The van der Waals surface area contributed by atoms with Crippen LogP contribution in [-0.2, 0) is 30.2 Å². The number of para-hydroxylation sites is 1. The molecule has 3 aromatic heterocycles. The van der Waals surface area contributed by atoms with Gasteiger partial charge in [0, 0.05) is 32.7 Å². The van der Waals surface area contributed by atoms with Crippen LogP contribution in [0.4, 0.5) is 11.7 Å². The SMILES string of the molecule is Cn1c(=O)c2c(ncn2CC(=O)Nc2nnc([C@H]3CC(=O)N(c4ccccc4)C3)o2)n(C)c1=O. The molecule has 0 radical (unpaired) electrons. The Bertz CT molecular complexity index is 1530. The summed E-state index contributed by atoms with van der Waals surface area (Å²) in [5.41, 5.74) is 0.0182. The Balaban J connectivity index is 1.30. The first-order valence-corrected chi connectivity index (χ1v) is 10.4. The fraction of sp³-hybridized carbons (Fsp3) is 0.286. The number of aromatic nitrogens is 6. The minimum Gasteiger partial charge on any atom is -0.407 e. The monoisotopic (exact) mass is 464 g/mol. The van der Waals surface area contributed by atoms with Gasteiger partial charge in [0.05, 0.1) is 12.2 Å². The van der Waals surface area contributed by atoms with Crippen LogP contribution in [0.15, 0.2) is 50.7 Å². The van der Waals surface area contributed by atoms with Gasteiger partial charge in [0.2, 0.25) is 17.7 Å². The molecule has 1 atom stereocenters. The third kappa shape index (κ3) is 3.56. The van der Waals surface area contributed by atoms with E-state index in [2.05, 4.69) is 20.5 Å². The zero-order valence-corrected chi connectivity index (χ0v) is 18.3. The molecule has 1 aliphatic heterocycles. The van der Waals surface area contributed by atoms with Crippen LogP contribution in [0.3, 0.4) is 0 Å². The highest BCUT2D eigenvalue weighted by Gasteiger charge is 2.35. The zero-order valence-electron chi connectivity index (χ0n) is 18.3. The predicted molar refractivity (Wildman–Crippen MR) is 119 cm³/mol. The first kappa shape index (κ1) is 21.3. The van der Waals surface area contributed by atoms with Crippen molar-refractivity contribution in [1.82, 2.24) is 28.9 Å². The number of hydrogen-bond acceptors (Lipinski definition) is 8. The van der Waals surface area contributed by atoms with E-state index in [4.69, 9.17) is 4.42 Å². The molecular weight excluding hydrogens is 444 g/mol. The van der Waals surface area contributed by atoms with E-state index in [0.717, 1.165) is 10.3 Å². The van der Waals surface area contributed by atoms with E-state index in [1.54, 1.807) is 4.90 Å². The van der Waals surface area contributed by atoms with Gasteiger partial charge in [-0.05, 0) is 12.1 Å². The summed E-state index contributed by atoms with van der Waals surface area (Å²) in [5.74, 6) is -0.631. The molecule has 0 bridgehead atoms. The average Bonchev–Trinajstić information content (AvgIpc) is 3.55. The first-order chi connectivity index (χ1) is 16.3. The van der Waals surface area contributed by atoms with Crippen LogP contribution in [0.1, 0.15) is 18.2 Å². The average molecular weight is 464 g/mol. The highest BCUT2D eigenvalue weighted by atomic mass is 16.4. The lowest BCUT2D eigenvalue weighted by atomic mass is 10.1. The van der Waals surface area contributed by atoms with Crippen LogP contribution in [0, 0.1) is 0 Å². The molecule has 0 unspecified atom stereocenters. The molecule has 1 N–H and O–H groups in total. The number of carbonyl (C=O) groups excluding carboxylic acids is 2. The maximum atomic E-state index is 12.6. The molecule has 0 saturated carbocycles. The molecule has 2 amide bonds. The van der Waals surface area contributed by atoms with Crippen LogP contribution < -0.4 is 21.5 Å². The van der Waals surface area contributed by atoms with Gasteiger partial charge < -0.3 is 13.9 Å². The first-order valence-electron chi connectivity index (χ1n) is 10.4. The van der Waals surface area contributed by atoms with Crippen molar-refractivity contribution in [1.29, 1.82) is 0 Å². The number of nitrogens with one attached hydrogen (secondary N) is 1. The van der Waals surface area contributed by atoms with Crippen molar-refractivity contribution in [3.8, 4) is 0 Å². The van der Waals surface area contributed by atoms with Gasteiger partial charge in [-0.15, -0.1) is 5.10 Å². The summed E-state index contributed by atoms with van der Waals surface area (Å²) in [6, 6.07) is 9.18. The quantitative estimate of drug-likeness (QED) is 0.433. The Morgan fingerprint density at radius 3 is 2.65 bits per heavy atom. The van der Waals surface area contributed by atoms with E-state index in [1.807, 2.05) is 30.3 Å². The molecule has 13 heteroatoms. The zero-order chi connectivity index (χ0) is 24.0. The number of hydrogen-bond donors (Lipinski definition) is 1. The normalized spacial score (nSPS) is 15.9. The maximum absolute atomic E-state index is 12.6. The highest BCUT2D eigenvalue weighted by molar-refractivity contribution is 5.96. The Morgan fingerprint density at radius 1 is 1.12 bits per heavy atom. The van der Waals surface area contributed by atoms with Crippen molar-refractivity contribution < 1.29 is 14.0 Å². The molecule has 1 saturated heterocycles. The molecule has 5 rings (SSSR count). The van der Waals surface area contributed by atoms with Crippen molar-refractivity contribution in [2.24, 2.45) is 14.1 Å². The molecule has 1 fully saturated rings. The number of anilines is 2. The second-order valence-corrected chi connectivity index (χ2v) is 7.99. The summed E-state index contributed by atoms with van der Waals surface area (Å²) in [5, 5.41) is 10.3. The standard InChI is InChI=1S/C21H20N8O5/c1-26-17-16(19(32)27(2)21(26)33)28(11-22-17)10-14(30)23-20-25-24-18(34-20)12-8-15(31)29(9-12)13-6-4-3-5-7-13/h3-7,11-12H,8-10H2,1-2H3,(H,23,25,30)/t12-/m0/s1. The minimum atomic E-state index is -0.558. The van der Waals surface area contributed by atoms with Gasteiger partial charge in [-0.3, -0.25) is 28.8 Å². The Morgan fingerprint density at radius 2 is 1.88 bits per heavy atom. The third-order valence-electron chi connectivity index (χ3n) is 5.76. The van der Waals surface area contributed by atoms with E-state index in [-0.39, 0.29) is 47.9 Å². The molecule has 0 aliphatic carbocycles. The molecule has 4 aromatic rings. The molecule has 174 valence electrons. The van der Waals surface area contributed by atoms with Gasteiger partial charge in [-0.25, -0.2) is 9.78 Å². The molecule has 0 spiro atoms. The van der Waals surface area contributed by atoms with Crippen molar-refractivity contribution in [2.45, 2.75) is 18.9 Å². The third-order valence-corrected chi connectivity index (χ3v) is 5.76. The fourth-order valence-corrected chi connectivity index (χ4v) is 4.01. The van der Waals surface area contributed by atoms with Gasteiger partial charge in [0.1, 0.15) is 6.54 Å². The van der Waals surface area contributed by atoms with Crippen molar-refractivity contribution in [3.63, 3.8) is 0 Å². The van der Waals surface area contributed by atoms with Gasteiger partial charge in [-0.1, -0.05) is 23.3 Å². The molecule has 1 aliphatic rings. The van der Waals surface area contributed by atoms with Gasteiger partial charge in [0.15, 0.2) is 11.2 Å². The molecular formula is C21H20N8O5. The summed E-state index contributed by atoms with van der Waals surface area (Å²) < 4.78 is 9.11. The molecule has 13 nitrogen and oxygen atoms in total. The lowest BCUT2D eigenvalue weighted by molar-refractivity contribution is -0.117. The number of benzene rings is 1. The molecule has 4 heterocycles. The smallest absolute Gasteiger partial charge is 0.332 e. The van der Waals surface area contributed by atoms with E-state index >= 15 is 0 Å². The van der Waals surface area contributed by atoms with E-state index < -0.39 is 17.2 Å². The lowest BCUT2D eigenvalue weighted by Crippen LogP contribution is -2.37. The number of aryl methyl sites for hydroxylation is 1. The van der Waals surface area contributed by atoms with E-state index in [9.17, 15) is 19.2 Å². The van der Waals surface area contributed by atoms with Crippen LogP contribution >= 0.6 is 0 Å².